The topological polar surface area (TPSA) is 91.5 Å². The van der Waals surface area contributed by atoms with Gasteiger partial charge < -0.3 is 19.9 Å². The second kappa shape index (κ2) is 9.58. The van der Waals surface area contributed by atoms with Crippen LogP contribution in [0.4, 0.5) is 4.79 Å². The second-order valence-electron chi connectivity index (χ2n) is 7.54. The van der Waals surface area contributed by atoms with Crippen LogP contribution in [0.2, 0.25) is 0 Å². The number of aryl methyl sites for hydroxylation is 1. The Balaban J connectivity index is 3.21. The molecule has 0 aliphatic rings. The number of Topliss-reactive ketones (excluding diaryl/α,β-unsaturated/α-hetero) is 1. The fourth-order valence-electron chi connectivity index (χ4n) is 3.02. The molecule has 0 saturated carbocycles. The molecule has 0 aromatic carbocycles. The number of hydrogen-bond donors (Lipinski definition) is 2. The van der Waals surface area contributed by atoms with Crippen LogP contribution in [0.15, 0.2) is 0 Å². The lowest BCUT2D eigenvalue weighted by atomic mass is 9.99. The van der Waals surface area contributed by atoms with Crippen molar-refractivity contribution in [1.82, 2.24) is 15.2 Å². The van der Waals surface area contributed by atoms with Gasteiger partial charge in [0.1, 0.15) is 5.69 Å². The van der Waals surface area contributed by atoms with Gasteiger partial charge in [0, 0.05) is 23.8 Å². The van der Waals surface area contributed by atoms with E-state index in [-0.39, 0.29) is 36.1 Å². The van der Waals surface area contributed by atoms with E-state index in [0.29, 0.717) is 23.4 Å². The lowest BCUT2D eigenvalue weighted by molar-refractivity contribution is 0.0519. The Morgan fingerprint density at radius 3 is 2.19 bits per heavy atom. The minimum Gasteiger partial charge on any atom is -0.461 e. The highest BCUT2D eigenvalue weighted by atomic mass is 16.5. The van der Waals surface area contributed by atoms with Crippen molar-refractivity contribution in [2.45, 2.75) is 67.5 Å². The van der Waals surface area contributed by atoms with Crippen molar-refractivity contribution in [3.05, 3.63) is 22.5 Å². The normalized spacial score (nSPS) is 12.2. The molecule has 1 aromatic rings. The molecule has 1 heterocycles. The summed E-state index contributed by atoms with van der Waals surface area (Å²) in [6.07, 6.45) is 0. The molecule has 1 aromatic heterocycles. The third-order valence-electron chi connectivity index (χ3n) is 4.25. The third-order valence-corrected chi connectivity index (χ3v) is 4.25. The molecule has 1 rings (SSSR count). The van der Waals surface area contributed by atoms with E-state index in [2.05, 4.69) is 10.3 Å². The maximum Gasteiger partial charge on any atom is 0.355 e. The van der Waals surface area contributed by atoms with Crippen LogP contribution in [0.5, 0.6) is 0 Å². The Labute approximate surface area is 161 Å². The Morgan fingerprint density at radius 2 is 1.70 bits per heavy atom. The SMILES string of the molecule is CCOC(=O)c1[nH]c(C)c(C(=O)C(C)N(CC(C)C)C(=O)NC(C)C)c1C. The fourth-order valence-corrected chi connectivity index (χ4v) is 3.02. The van der Waals surface area contributed by atoms with Gasteiger partial charge in [0.2, 0.25) is 0 Å². The van der Waals surface area contributed by atoms with Gasteiger partial charge in [-0.1, -0.05) is 13.8 Å². The molecule has 1 atom stereocenters. The second-order valence-corrected chi connectivity index (χ2v) is 7.54. The molecule has 0 aliphatic carbocycles. The summed E-state index contributed by atoms with van der Waals surface area (Å²) in [5.41, 5.74) is 1.88. The number of ether oxygens (including phenoxy) is 1. The number of carbonyl (C=O) groups excluding carboxylic acids is 3. The molecule has 7 nitrogen and oxygen atoms in total. The summed E-state index contributed by atoms with van der Waals surface area (Å²) >= 11 is 0. The molecular weight excluding hydrogens is 346 g/mol. The molecule has 0 bridgehead atoms. The van der Waals surface area contributed by atoms with Crippen LogP contribution in [0.1, 0.15) is 73.6 Å². The highest BCUT2D eigenvalue weighted by molar-refractivity contribution is 6.06. The highest BCUT2D eigenvalue weighted by Crippen LogP contribution is 2.22. The van der Waals surface area contributed by atoms with Crippen LogP contribution in [0.3, 0.4) is 0 Å². The number of amides is 2. The van der Waals surface area contributed by atoms with Gasteiger partial charge in [0.05, 0.1) is 12.6 Å². The van der Waals surface area contributed by atoms with Crippen LogP contribution in [-0.4, -0.2) is 52.9 Å². The maximum absolute atomic E-state index is 13.2. The van der Waals surface area contributed by atoms with Gasteiger partial charge in [-0.15, -0.1) is 0 Å². The van der Waals surface area contributed by atoms with Gasteiger partial charge in [0.15, 0.2) is 5.78 Å². The fraction of sp³-hybridized carbons (Fsp3) is 0.650. The van der Waals surface area contributed by atoms with Crippen molar-refractivity contribution < 1.29 is 19.1 Å². The quantitative estimate of drug-likeness (QED) is 0.534. The molecule has 0 spiro atoms. The van der Waals surface area contributed by atoms with E-state index < -0.39 is 12.0 Å². The summed E-state index contributed by atoms with van der Waals surface area (Å²) in [7, 11) is 0. The van der Waals surface area contributed by atoms with E-state index in [1.807, 2.05) is 27.7 Å². The summed E-state index contributed by atoms with van der Waals surface area (Å²) in [6.45, 7) is 15.4. The molecular formula is C20H33N3O4. The Bertz CT molecular complexity index is 692. The standard InChI is InChI=1S/C20H33N3O4/c1-9-27-19(25)17-13(6)16(14(7)22-17)18(24)15(8)23(10-11(2)3)20(26)21-12(4)5/h11-12,15,22H,9-10H2,1-8H3,(H,21,26). The van der Waals surface area contributed by atoms with Crippen LogP contribution < -0.4 is 5.32 Å². The van der Waals surface area contributed by atoms with Gasteiger partial charge in [-0.3, -0.25) is 4.79 Å². The molecule has 1 unspecified atom stereocenters. The van der Waals surface area contributed by atoms with Crippen LogP contribution in [-0.2, 0) is 4.74 Å². The minimum atomic E-state index is -0.658. The molecule has 7 heteroatoms. The van der Waals surface area contributed by atoms with E-state index in [4.69, 9.17) is 4.74 Å². The van der Waals surface area contributed by atoms with E-state index in [1.54, 1.807) is 32.6 Å². The number of nitrogens with zero attached hydrogens (tertiary/aromatic N) is 1. The monoisotopic (exact) mass is 379 g/mol. The summed E-state index contributed by atoms with van der Waals surface area (Å²) in [6, 6.07) is -0.953. The van der Waals surface area contributed by atoms with Crippen LogP contribution in [0.25, 0.3) is 0 Å². The lowest BCUT2D eigenvalue weighted by Gasteiger charge is -2.31. The third kappa shape index (κ3) is 5.58. The number of hydrogen-bond acceptors (Lipinski definition) is 4. The number of aromatic nitrogens is 1. The minimum absolute atomic E-state index is 0.0272. The molecule has 152 valence electrons. The largest absolute Gasteiger partial charge is 0.461 e. The Kier molecular flexibility index (Phi) is 8.06. The Morgan fingerprint density at radius 1 is 1.11 bits per heavy atom. The van der Waals surface area contributed by atoms with Crippen molar-refractivity contribution >= 4 is 17.8 Å². The van der Waals surface area contributed by atoms with Gasteiger partial charge in [-0.05, 0) is 53.0 Å². The average molecular weight is 380 g/mol. The van der Waals surface area contributed by atoms with E-state index >= 15 is 0 Å². The molecule has 27 heavy (non-hydrogen) atoms. The number of rotatable bonds is 8. The molecule has 0 radical (unpaired) electrons. The predicted octanol–water partition coefficient (Wildman–Crippen LogP) is 3.46. The van der Waals surface area contributed by atoms with E-state index in [9.17, 15) is 14.4 Å². The first kappa shape index (κ1) is 22.7. The van der Waals surface area contributed by atoms with Gasteiger partial charge in [0.25, 0.3) is 0 Å². The number of urea groups is 1. The number of aromatic amines is 1. The van der Waals surface area contributed by atoms with Crippen LogP contribution in [0, 0.1) is 19.8 Å². The smallest absolute Gasteiger partial charge is 0.355 e. The zero-order valence-electron chi connectivity index (χ0n) is 17.7. The number of ketones is 1. The zero-order valence-corrected chi connectivity index (χ0v) is 17.7. The molecule has 0 aliphatic heterocycles. The van der Waals surface area contributed by atoms with Crippen molar-refractivity contribution in [3.63, 3.8) is 0 Å². The van der Waals surface area contributed by atoms with E-state index in [1.165, 1.54) is 0 Å². The summed E-state index contributed by atoms with van der Waals surface area (Å²) in [5, 5.41) is 2.86. The number of nitrogens with one attached hydrogen (secondary N) is 2. The molecule has 2 amide bonds. The van der Waals surface area contributed by atoms with Gasteiger partial charge >= 0.3 is 12.0 Å². The molecule has 2 N–H and O–H groups in total. The average Bonchev–Trinajstić information content (AvgIpc) is 2.85. The first-order valence-corrected chi connectivity index (χ1v) is 9.48. The van der Waals surface area contributed by atoms with Crippen molar-refractivity contribution in [2.75, 3.05) is 13.2 Å². The number of H-pyrrole nitrogens is 1. The van der Waals surface area contributed by atoms with Crippen LogP contribution >= 0.6 is 0 Å². The highest BCUT2D eigenvalue weighted by Gasteiger charge is 2.31. The first-order chi connectivity index (χ1) is 12.5. The summed E-state index contributed by atoms with van der Waals surface area (Å²) < 4.78 is 5.04. The maximum atomic E-state index is 13.2. The number of carbonyl (C=O) groups is 3. The predicted molar refractivity (Wildman–Crippen MR) is 105 cm³/mol. The van der Waals surface area contributed by atoms with Crippen molar-refractivity contribution in [2.24, 2.45) is 5.92 Å². The Hall–Kier alpha value is -2.31. The van der Waals surface area contributed by atoms with Crippen molar-refractivity contribution in [3.8, 4) is 0 Å². The summed E-state index contributed by atoms with van der Waals surface area (Å²) in [4.78, 5) is 42.4. The van der Waals surface area contributed by atoms with E-state index in [0.717, 1.165) is 0 Å². The van der Waals surface area contributed by atoms with Gasteiger partial charge in [-0.2, -0.15) is 0 Å². The molecule has 0 fully saturated rings. The zero-order chi connectivity index (χ0) is 20.9. The number of esters is 1. The van der Waals surface area contributed by atoms with Crippen molar-refractivity contribution in [1.29, 1.82) is 0 Å². The summed E-state index contributed by atoms with van der Waals surface area (Å²) in [5.74, 6) is -0.473. The lowest BCUT2D eigenvalue weighted by Crippen LogP contribution is -2.51. The first-order valence-electron chi connectivity index (χ1n) is 9.48. The molecule has 0 saturated heterocycles. The van der Waals surface area contributed by atoms with Gasteiger partial charge in [-0.25, -0.2) is 9.59 Å².